The highest BCUT2D eigenvalue weighted by molar-refractivity contribution is 5.85. The Morgan fingerprint density at radius 2 is 1.94 bits per heavy atom. The Morgan fingerprint density at radius 1 is 1.39 bits per heavy atom. The maximum atomic E-state index is 11.2. The second-order valence-electron chi connectivity index (χ2n) is 4.15. The summed E-state index contributed by atoms with van der Waals surface area (Å²) in [6.45, 7) is 6.58. The highest BCUT2D eigenvalue weighted by Gasteiger charge is 2.06. The van der Waals surface area contributed by atoms with Crippen LogP contribution in [0.3, 0.4) is 0 Å². The second kappa shape index (κ2) is 7.95. The minimum atomic E-state index is -0.477. The molecular weight excluding hydrogens is 252 g/mol. The smallest absolute Gasteiger partial charge is 0.236 e. The molecule has 0 heterocycles. The maximum Gasteiger partial charge on any atom is 0.236 e. The van der Waals surface area contributed by atoms with Gasteiger partial charge in [-0.05, 0) is 31.9 Å². The monoisotopic (exact) mass is 272 g/mol. The molecule has 1 aromatic rings. The van der Waals surface area contributed by atoms with E-state index in [4.69, 9.17) is 10.5 Å². The molecule has 1 amide bonds. The SMILES string of the molecule is Cc1cccc(C)c1OCCNC(=O)[C@@H](C)N.Cl. The number of halogens is 1. The van der Waals surface area contributed by atoms with Crippen LogP contribution in [-0.4, -0.2) is 25.1 Å². The van der Waals surface area contributed by atoms with Crippen molar-refractivity contribution in [3.05, 3.63) is 29.3 Å². The van der Waals surface area contributed by atoms with Crippen LogP contribution in [0.5, 0.6) is 5.75 Å². The summed E-state index contributed by atoms with van der Waals surface area (Å²) in [7, 11) is 0. The highest BCUT2D eigenvalue weighted by Crippen LogP contribution is 2.21. The number of nitrogens with one attached hydrogen (secondary N) is 1. The molecule has 18 heavy (non-hydrogen) atoms. The van der Waals surface area contributed by atoms with Gasteiger partial charge in [-0.25, -0.2) is 0 Å². The molecular formula is C13H21ClN2O2. The minimum absolute atomic E-state index is 0. The van der Waals surface area contributed by atoms with Gasteiger partial charge in [-0.3, -0.25) is 4.79 Å². The zero-order valence-electron chi connectivity index (χ0n) is 11.0. The second-order valence-corrected chi connectivity index (χ2v) is 4.15. The number of ether oxygens (including phenoxy) is 1. The van der Waals surface area contributed by atoms with E-state index in [1.807, 2.05) is 32.0 Å². The van der Waals surface area contributed by atoms with Crippen LogP contribution in [0.15, 0.2) is 18.2 Å². The van der Waals surface area contributed by atoms with E-state index < -0.39 is 6.04 Å². The quantitative estimate of drug-likeness (QED) is 0.800. The van der Waals surface area contributed by atoms with Crippen LogP contribution >= 0.6 is 12.4 Å². The van der Waals surface area contributed by atoms with Crippen LogP contribution in [0.4, 0.5) is 0 Å². The van der Waals surface area contributed by atoms with Gasteiger partial charge in [-0.15, -0.1) is 12.4 Å². The maximum absolute atomic E-state index is 11.2. The molecule has 1 aromatic carbocycles. The zero-order chi connectivity index (χ0) is 12.8. The van der Waals surface area contributed by atoms with Crippen LogP contribution < -0.4 is 15.8 Å². The van der Waals surface area contributed by atoms with E-state index in [0.29, 0.717) is 13.2 Å². The van der Waals surface area contributed by atoms with Gasteiger partial charge >= 0.3 is 0 Å². The number of para-hydroxylation sites is 1. The number of amides is 1. The summed E-state index contributed by atoms with van der Waals surface area (Å²) < 4.78 is 5.64. The van der Waals surface area contributed by atoms with Gasteiger partial charge < -0.3 is 15.8 Å². The van der Waals surface area contributed by atoms with Crippen molar-refractivity contribution in [2.45, 2.75) is 26.8 Å². The number of hydrogen-bond acceptors (Lipinski definition) is 3. The minimum Gasteiger partial charge on any atom is -0.491 e. The highest BCUT2D eigenvalue weighted by atomic mass is 35.5. The lowest BCUT2D eigenvalue weighted by molar-refractivity contribution is -0.122. The Kier molecular flexibility index (Phi) is 7.39. The zero-order valence-corrected chi connectivity index (χ0v) is 11.8. The molecule has 0 saturated carbocycles. The molecule has 0 aliphatic rings. The number of benzene rings is 1. The van der Waals surface area contributed by atoms with Crippen LogP contribution in [0.2, 0.25) is 0 Å². The summed E-state index contributed by atoms with van der Waals surface area (Å²) in [4.78, 5) is 11.2. The van der Waals surface area contributed by atoms with Crippen molar-refractivity contribution in [3.8, 4) is 5.75 Å². The third-order valence-electron chi connectivity index (χ3n) is 2.47. The van der Waals surface area contributed by atoms with Crippen molar-refractivity contribution in [1.29, 1.82) is 0 Å². The summed E-state index contributed by atoms with van der Waals surface area (Å²) >= 11 is 0. The number of carbonyl (C=O) groups excluding carboxylic acids is 1. The van der Waals surface area contributed by atoms with Crippen LogP contribution in [0.1, 0.15) is 18.1 Å². The van der Waals surface area contributed by atoms with Crippen molar-refractivity contribution in [3.63, 3.8) is 0 Å². The van der Waals surface area contributed by atoms with Crippen LogP contribution in [-0.2, 0) is 4.79 Å². The number of rotatable bonds is 5. The Bertz CT molecular complexity index is 374. The molecule has 5 heteroatoms. The molecule has 0 unspecified atom stereocenters. The van der Waals surface area contributed by atoms with Gasteiger partial charge in [-0.2, -0.15) is 0 Å². The molecule has 0 saturated heterocycles. The molecule has 102 valence electrons. The van der Waals surface area contributed by atoms with Gasteiger partial charge in [0, 0.05) is 0 Å². The first-order valence-electron chi connectivity index (χ1n) is 5.74. The van der Waals surface area contributed by atoms with Crippen molar-refractivity contribution in [2.24, 2.45) is 5.73 Å². The Hall–Kier alpha value is -1.26. The standard InChI is InChI=1S/C13H20N2O2.ClH/c1-9-5-4-6-10(2)12(9)17-8-7-15-13(16)11(3)14;/h4-6,11H,7-8,14H2,1-3H3,(H,15,16);1H/t11-;/m1./s1. The van der Waals surface area contributed by atoms with Gasteiger partial charge in [0.15, 0.2) is 0 Å². The molecule has 0 aliphatic heterocycles. The molecule has 0 spiro atoms. The van der Waals surface area contributed by atoms with Gasteiger partial charge in [0.1, 0.15) is 12.4 Å². The van der Waals surface area contributed by atoms with Crippen LogP contribution in [0.25, 0.3) is 0 Å². The lowest BCUT2D eigenvalue weighted by atomic mass is 10.1. The Morgan fingerprint density at radius 3 is 2.44 bits per heavy atom. The molecule has 4 nitrogen and oxygen atoms in total. The molecule has 0 fully saturated rings. The summed E-state index contributed by atoms with van der Waals surface area (Å²) in [6.07, 6.45) is 0. The molecule has 0 aliphatic carbocycles. The van der Waals surface area contributed by atoms with E-state index in [1.165, 1.54) is 0 Å². The molecule has 0 bridgehead atoms. The van der Waals surface area contributed by atoms with Gasteiger partial charge in [0.2, 0.25) is 5.91 Å². The van der Waals surface area contributed by atoms with E-state index in [1.54, 1.807) is 6.92 Å². The number of aryl methyl sites for hydroxylation is 2. The molecule has 0 aromatic heterocycles. The van der Waals surface area contributed by atoms with Crippen molar-refractivity contribution >= 4 is 18.3 Å². The summed E-state index contributed by atoms with van der Waals surface area (Å²) in [6, 6.07) is 5.52. The Balaban J connectivity index is 0.00000289. The number of hydrogen-bond donors (Lipinski definition) is 2. The van der Waals surface area contributed by atoms with Gasteiger partial charge in [0.05, 0.1) is 12.6 Å². The molecule has 0 radical (unpaired) electrons. The average molecular weight is 273 g/mol. The molecule has 1 rings (SSSR count). The van der Waals surface area contributed by atoms with E-state index >= 15 is 0 Å². The first-order chi connectivity index (χ1) is 8.02. The normalized spacial score (nSPS) is 11.3. The van der Waals surface area contributed by atoms with E-state index in [-0.39, 0.29) is 18.3 Å². The first-order valence-corrected chi connectivity index (χ1v) is 5.74. The van der Waals surface area contributed by atoms with E-state index in [0.717, 1.165) is 16.9 Å². The van der Waals surface area contributed by atoms with Crippen molar-refractivity contribution in [1.82, 2.24) is 5.32 Å². The predicted octanol–water partition coefficient (Wildman–Crippen LogP) is 1.57. The third kappa shape index (κ3) is 4.94. The predicted molar refractivity (Wildman–Crippen MR) is 75.3 cm³/mol. The fraction of sp³-hybridized carbons (Fsp3) is 0.462. The molecule has 3 N–H and O–H groups in total. The van der Waals surface area contributed by atoms with Crippen molar-refractivity contribution in [2.75, 3.05) is 13.2 Å². The van der Waals surface area contributed by atoms with E-state index in [9.17, 15) is 4.79 Å². The summed E-state index contributed by atoms with van der Waals surface area (Å²) in [5.41, 5.74) is 7.63. The lowest BCUT2D eigenvalue weighted by Crippen LogP contribution is -2.40. The summed E-state index contributed by atoms with van der Waals surface area (Å²) in [5.74, 6) is 0.734. The van der Waals surface area contributed by atoms with Gasteiger partial charge in [-0.1, -0.05) is 18.2 Å². The van der Waals surface area contributed by atoms with Crippen molar-refractivity contribution < 1.29 is 9.53 Å². The summed E-state index contributed by atoms with van der Waals surface area (Å²) in [5, 5.41) is 2.70. The van der Waals surface area contributed by atoms with Gasteiger partial charge in [0.25, 0.3) is 0 Å². The lowest BCUT2D eigenvalue weighted by Gasteiger charge is -2.12. The average Bonchev–Trinajstić information content (AvgIpc) is 2.27. The number of nitrogens with two attached hydrogens (primary N) is 1. The first kappa shape index (κ1) is 16.7. The largest absolute Gasteiger partial charge is 0.491 e. The van der Waals surface area contributed by atoms with Crippen LogP contribution in [0, 0.1) is 13.8 Å². The number of carbonyl (C=O) groups is 1. The topological polar surface area (TPSA) is 64.3 Å². The van der Waals surface area contributed by atoms with E-state index in [2.05, 4.69) is 5.32 Å². The fourth-order valence-electron chi connectivity index (χ4n) is 1.52. The Labute approximate surface area is 114 Å². The third-order valence-corrected chi connectivity index (χ3v) is 2.47. The molecule has 1 atom stereocenters. The fourth-order valence-corrected chi connectivity index (χ4v) is 1.52.